The number of hydrogen-bond donors (Lipinski definition) is 1. The molecule has 21 heavy (non-hydrogen) atoms. The zero-order valence-corrected chi connectivity index (χ0v) is 13.2. The number of hydrogen-bond acceptors (Lipinski definition) is 3. The van der Waals surface area contributed by atoms with E-state index in [0.717, 1.165) is 23.7 Å². The maximum absolute atomic E-state index is 6.04. The molecule has 1 aliphatic rings. The molecule has 0 amide bonds. The molecule has 1 aliphatic carbocycles. The van der Waals surface area contributed by atoms with Gasteiger partial charge in [-0.2, -0.15) is 0 Å². The summed E-state index contributed by atoms with van der Waals surface area (Å²) in [5.74, 6) is 1.93. The van der Waals surface area contributed by atoms with Crippen LogP contribution in [-0.2, 0) is 6.42 Å². The lowest BCUT2D eigenvalue weighted by Gasteiger charge is -2.28. The minimum Gasteiger partial charge on any atom is -0.356 e. The van der Waals surface area contributed by atoms with Crippen molar-refractivity contribution in [3.05, 3.63) is 35.9 Å². The van der Waals surface area contributed by atoms with Gasteiger partial charge in [0, 0.05) is 24.5 Å². The van der Waals surface area contributed by atoms with Crippen LogP contribution in [0, 0.1) is 5.92 Å². The van der Waals surface area contributed by atoms with Crippen molar-refractivity contribution in [3.8, 4) is 0 Å². The van der Waals surface area contributed by atoms with Crippen molar-refractivity contribution < 1.29 is 0 Å². The van der Waals surface area contributed by atoms with Crippen molar-refractivity contribution in [1.29, 1.82) is 0 Å². The molecule has 2 unspecified atom stereocenters. The Kier molecular flexibility index (Phi) is 3.85. The molecule has 3 heteroatoms. The molecule has 2 aromatic rings. The first kappa shape index (κ1) is 14.3. The number of nitrogens with zero attached hydrogens (tertiary/aromatic N) is 2. The van der Waals surface area contributed by atoms with Gasteiger partial charge in [0.05, 0.1) is 5.52 Å². The van der Waals surface area contributed by atoms with Gasteiger partial charge in [-0.05, 0) is 56.7 Å². The predicted molar refractivity (Wildman–Crippen MR) is 89.7 cm³/mol. The number of pyridine rings is 1. The second-order valence-corrected chi connectivity index (χ2v) is 6.53. The first-order valence-electron chi connectivity index (χ1n) is 7.93. The highest BCUT2D eigenvalue weighted by Gasteiger charge is 2.31. The highest BCUT2D eigenvalue weighted by molar-refractivity contribution is 5.81. The smallest absolute Gasteiger partial charge is 0.132 e. The molecule has 3 rings (SSSR count). The molecule has 0 bridgehead atoms. The second-order valence-electron chi connectivity index (χ2n) is 6.53. The molecule has 3 nitrogen and oxygen atoms in total. The Morgan fingerprint density at radius 2 is 2.00 bits per heavy atom. The molecular weight excluding hydrogens is 258 g/mol. The van der Waals surface area contributed by atoms with Crippen LogP contribution in [-0.4, -0.2) is 24.1 Å². The highest BCUT2D eigenvalue weighted by atomic mass is 15.2. The van der Waals surface area contributed by atoms with E-state index >= 15 is 0 Å². The molecule has 1 saturated carbocycles. The minimum atomic E-state index is 0.149. The van der Waals surface area contributed by atoms with Gasteiger partial charge in [0.2, 0.25) is 0 Å². The molecule has 0 saturated heterocycles. The van der Waals surface area contributed by atoms with E-state index in [1.165, 1.54) is 23.8 Å². The number of anilines is 1. The number of aromatic nitrogens is 1. The highest BCUT2D eigenvalue weighted by Crippen LogP contribution is 2.37. The van der Waals surface area contributed by atoms with Crippen LogP contribution in [0.15, 0.2) is 30.3 Å². The van der Waals surface area contributed by atoms with Crippen LogP contribution < -0.4 is 10.6 Å². The topological polar surface area (TPSA) is 42.1 Å². The Balaban J connectivity index is 2.04. The molecule has 0 aliphatic heterocycles. The van der Waals surface area contributed by atoms with Crippen LogP contribution >= 0.6 is 0 Å². The van der Waals surface area contributed by atoms with Crippen molar-refractivity contribution in [2.24, 2.45) is 11.7 Å². The van der Waals surface area contributed by atoms with Crippen molar-refractivity contribution in [2.75, 3.05) is 11.9 Å². The lowest BCUT2D eigenvalue weighted by Crippen LogP contribution is -2.33. The summed E-state index contributed by atoms with van der Waals surface area (Å²) in [6.45, 7) is 4.37. The third-order valence-electron chi connectivity index (χ3n) is 4.57. The van der Waals surface area contributed by atoms with E-state index in [9.17, 15) is 0 Å². The average molecular weight is 283 g/mol. The van der Waals surface area contributed by atoms with Gasteiger partial charge in [-0.3, -0.25) is 0 Å². The van der Waals surface area contributed by atoms with E-state index in [4.69, 9.17) is 10.7 Å². The number of nitrogens with two attached hydrogens (primary N) is 1. The molecule has 2 atom stereocenters. The van der Waals surface area contributed by atoms with Gasteiger partial charge < -0.3 is 10.6 Å². The van der Waals surface area contributed by atoms with Gasteiger partial charge >= 0.3 is 0 Å². The fourth-order valence-corrected chi connectivity index (χ4v) is 3.04. The van der Waals surface area contributed by atoms with Gasteiger partial charge in [-0.15, -0.1) is 0 Å². The third-order valence-corrected chi connectivity index (χ3v) is 4.57. The summed E-state index contributed by atoms with van der Waals surface area (Å²) in [4.78, 5) is 7.28. The Morgan fingerprint density at radius 1 is 1.29 bits per heavy atom. The molecule has 1 aromatic heterocycles. The Labute approximate surface area is 127 Å². The predicted octanol–water partition coefficient (Wildman–Crippen LogP) is 3.36. The molecule has 1 aromatic carbocycles. The fraction of sp³-hybridized carbons (Fsp3) is 0.500. The second kappa shape index (κ2) is 5.64. The van der Waals surface area contributed by atoms with Crippen molar-refractivity contribution in [1.82, 2.24) is 4.98 Å². The van der Waals surface area contributed by atoms with Gasteiger partial charge in [0.15, 0.2) is 0 Å². The summed E-state index contributed by atoms with van der Waals surface area (Å²) in [5, 5.41) is 1.20. The van der Waals surface area contributed by atoms with Crippen LogP contribution in [0.25, 0.3) is 10.9 Å². The largest absolute Gasteiger partial charge is 0.356 e. The van der Waals surface area contributed by atoms with Crippen LogP contribution in [0.3, 0.4) is 0 Å². The lowest BCUT2D eigenvalue weighted by atomic mass is 10.0. The Bertz CT molecular complexity index is 631. The van der Waals surface area contributed by atoms with E-state index in [1.54, 1.807) is 0 Å². The molecule has 0 radical (unpaired) electrons. The number of rotatable bonds is 5. The molecule has 1 fully saturated rings. The third kappa shape index (κ3) is 3.03. The Hall–Kier alpha value is -1.61. The quantitative estimate of drug-likeness (QED) is 0.915. The summed E-state index contributed by atoms with van der Waals surface area (Å²) in [5.41, 5.74) is 8.37. The molecule has 1 heterocycles. The van der Waals surface area contributed by atoms with Crippen LogP contribution in [0.1, 0.15) is 32.3 Å². The van der Waals surface area contributed by atoms with E-state index < -0.39 is 0 Å². The van der Waals surface area contributed by atoms with E-state index in [2.05, 4.69) is 56.1 Å². The monoisotopic (exact) mass is 283 g/mol. The first-order valence-corrected chi connectivity index (χ1v) is 7.93. The summed E-state index contributed by atoms with van der Waals surface area (Å²) in [7, 11) is 2.17. The molecule has 112 valence electrons. The fourth-order valence-electron chi connectivity index (χ4n) is 3.04. The maximum Gasteiger partial charge on any atom is 0.132 e. The molecular formula is C18H25N3. The maximum atomic E-state index is 6.04. The zero-order valence-electron chi connectivity index (χ0n) is 13.2. The van der Waals surface area contributed by atoms with Crippen LogP contribution in [0.4, 0.5) is 5.82 Å². The van der Waals surface area contributed by atoms with E-state index in [0.29, 0.717) is 6.04 Å². The van der Waals surface area contributed by atoms with Gasteiger partial charge in [-0.1, -0.05) is 18.2 Å². The molecule has 0 spiro atoms. The summed E-state index contributed by atoms with van der Waals surface area (Å²) >= 11 is 0. The normalized spacial score (nSPS) is 17.7. The summed E-state index contributed by atoms with van der Waals surface area (Å²) in [6.07, 6.45) is 3.57. The lowest BCUT2D eigenvalue weighted by molar-refractivity contribution is 0.600. The summed E-state index contributed by atoms with van der Waals surface area (Å²) < 4.78 is 0. The standard InChI is InChI=1S/C18H25N3/c1-12(19)10-16-11-15-6-4-5-7-17(15)20-18(16)21(3)13(2)14-8-9-14/h4-7,11-14H,8-10,19H2,1-3H3. The minimum absolute atomic E-state index is 0.149. The molecule has 2 N–H and O–H groups in total. The first-order chi connectivity index (χ1) is 10.1. The Morgan fingerprint density at radius 3 is 2.67 bits per heavy atom. The summed E-state index contributed by atoms with van der Waals surface area (Å²) in [6, 6.07) is 11.3. The SMILES string of the molecule is CC(N)Cc1cc2ccccc2nc1N(C)C(C)C1CC1. The van der Waals surface area contributed by atoms with Gasteiger partial charge in [0.25, 0.3) is 0 Å². The number of benzene rings is 1. The van der Waals surface area contributed by atoms with Crippen molar-refractivity contribution in [2.45, 2.75) is 45.2 Å². The number of para-hydroxylation sites is 1. The van der Waals surface area contributed by atoms with Crippen LogP contribution in [0.5, 0.6) is 0 Å². The van der Waals surface area contributed by atoms with Crippen molar-refractivity contribution >= 4 is 16.7 Å². The van der Waals surface area contributed by atoms with Gasteiger partial charge in [0.1, 0.15) is 5.82 Å². The van der Waals surface area contributed by atoms with E-state index in [1.807, 2.05) is 0 Å². The number of fused-ring (bicyclic) bond motifs is 1. The van der Waals surface area contributed by atoms with Crippen LogP contribution in [0.2, 0.25) is 0 Å². The van der Waals surface area contributed by atoms with Gasteiger partial charge in [-0.25, -0.2) is 4.98 Å². The van der Waals surface area contributed by atoms with E-state index in [-0.39, 0.29) is 6.04 Å². The van der Waals surface area contributed by atoms with Crippen molar-refractivity contribution in [3.63, 3.8) is 0 Å². The zero-order chi connectivity index (χ0) is 15.0. The average Bonchev–Trinajstić information content (AvgIpc) is 3.29.